The van der Waals surface area contributed by atoms with Crippen LogP contribution in [0.1, 0.15) is 19.8 Å². The number of rotatable bonds is 5. The summed E-state index contributed by atoms with van der Waals surface area (Å²) < 4.78 is 1.79. The minimum atomic E-state index is 0.0368. The van der Waals surface area contributed by atoms with E-state index in [1.165, 1.54) is 25.9 Å². The summed E-state index contributed by atoms with van der Waals surface area (Å²) in [6, 6.07) is 7.99. The second-order valence-electron chi connectivity index (χ2n) is 6.39. The molecule has 0 radical (unpaired) electrons. The number of aromatic amines is 1. The van der Waals surface area contributed by atoms with Gasteiger partial charge in [0.15, 0.2) is 5.16 Å². The van der Waals surface area contributed by atoms with Gasteiger partial charge >= 0.3 is 0 Å². The molecule has 4 rings (SSSR count). The molecule has 1 aliphatic heterocycles. The normalized spacial score (nSPS) is 15.7. The Morgan fingerprint density at radius 1 is 1.29 bits per heavy atom. The minimum absolute atomic E-state index is 0.0368. The summed E-state index contributed by atoms with van der Waals surface area (Å²) in [6.07, 6.45) is 2.69. The molecule has 1 aliphatic rings. The molecule has 1 aromatic carbocycles. The third kappa shape index (κ3) is 2.74. The van der Waals surface area contributed by atoms with Crippen LogP contribution in [0.3, 0.4) is 0 Å². The van der Waals surface area contributed by atoms with Crippen LogP contribution < -0.4 is 10.5 Å². The number of para-hydroxylation sites is 1. The number of hydrogen-bond donors (Lipinski definition) is 2. The third-order valence-corrected chi connectivity index (χ3v) is 5.87. The maximum Gasteiger partial charge on any atom is 0.278 e. The third-order valence-electron chi connectivity index (χ3n) is 4.89. The lowest BCUT2D eigenvalue weighted by Gasteiger charge is -2.13. The highest BCUT2D eigenvalue weighted by atomic mass is 32.2. The molecule has 126 valence electrons. The Morgan fingerprint density at radius 2 is 2.08 bits per heavy atom. The molecule has 0 unspecified atom stereocenters. The first-order valence-corrected chi connectivity index (χ1v) is 9.74. The number of hydrogen-bond acceptors (Lipinski definition) is 3. The van der Waals surface area contributed by atoms with E-state index in [2.05, 4.69) is 4.98 Å². The van der Waals surface area contributed by atoms with Gasteiger partial charge in [0.2, 0.25) is 0 Å². The van der Waals surface area contributed by atoms with Crippen LogP contribution in [0.15, 0.2) is 34.2 Å². The zero-order chi connectivity index (χ0) is 16.5. The van der Waals surface area contributed by atoms with E-state index < -0.39 is 0 Å². The summed E-state index contributed by atoms with van der Waals surface area (Å²) in [4.78, 5) is 22.6. The molecule has 1 fully saturated rings. The lowest BCUT2D eigenvalue weighted by atomic mass is 10.2. The lowest BCUT2D eigenvalue weighted by molar-refractivity contribution is -0.884. The number of fused-ring (bicyclic) bond motifs is 3. The highest BCUT2D eigenvalue weighted by Crippen LogP contribution is 2.24. The molecular formula is C18H23N4OS+. The molecule has 0 amide bonds. The Labute approximate surface area is 145 Å². The van der Waals surface area contributed by atoms with Crippen molar-refractivity contribution in [3.63, 3.8) is 0 Å². The van der Waals surface area contributed by atoms with Gasteiger partial charge in [0, 0.05) is 30.3 Å². The van der Waals surface area contributed by atoms with E-state index in [0.717, 1.165) is 33.9 Å². The lowest BCUT2D eigenvalue weighted by Crippen LogP contribution is -3.10. The molecule has 2 aromatic heterocycles. The van der Waals surface area contributed by atoms with Gasteiger partial charge in [0.05, 0.1) is 25.4 Å². The Morgan fingerprint density at radius 3 is 2.88 bits per heavy atom. The van der Waals surface area contributed by atoms with Crippen LogP contribution in [0.4, 0.5) is 0 Å². The van der Waals surface area contributed by atoms with Crippen LogP contribution in [-0.4, -0.2) is 39.9 Å². The van der Waals surface area contributed by atoms with E-state index in [0.29, 0.717) is 12.1 Å². The van der Waals surface area contributed by atoms with E-state index in [4.69, 9.17) is 4.98 Å². The number of thioether (sulfide) groups is 1. The van der Waals surface area contributed by atoms with E-state index in [-0.39, 0.29) is 5.56 Å². The molecule has 0 bridgehead atoms. The Hall–Kier alpha value is -1.79. The number of H-pyrrole nitrogens is 1. The summed E-state index contributed by atoms with van der Waals surface area (Å²) in [6.45, 7) is 6.38. The molecule has 5 nitrogen and oxygen atoms in total. The smallest absolute Gasteiger partial charge is 0.278 e. The van der Waals surface area contributed by atoms with Gasteiger partial charge in [-0.3, -0.25) is 9.36 Å². The standard InChI is InChI=1S/C18H22N4OS/c1-2-22-17(23)16-15(13-7-3-4-8-14(13)19-16)20-18(22)24-12-11-21-9-5-6-10-21/h3-4,7-8,19H,2,5-6,9-12H2,1H3/p+1. The zero-order valence-electron chi connectivity index (χ0n) is 14.0. The highest BCUT2D eigenvalue weighted by Gasteiger charge is 2.17. The number of nitrogens with one attached hydrogen (secondary N) is 2. The monoisotopic (exact) mass is 343 g/mol. The first-order chi connectivity index (χ1) is 11.8. The average Bonchev–Trinajstić information content (AvgIpc) is 3.23. The molecule has 6 heteroatoms. The molecular weight excluding hydrogens is 320 g/mol. The van der Waals surface area contributed by atoms with Gasteiger partial charge in [-0.25, -0.2) is 4.98 Å². The topological polar surface area (TPSA) is 55.1 Å². The van der Waals surface area contributed by atoms with Crippen LogP contribution in [-0.2, 0) is 6.54 Å². The van der Waals surface area contributed by atoms with Crippen molar-refractivity contribution in [2.24, 2.45) is 0 Å². The van der Waals surface area contributed by atoms with Crippen LogP contribution in [0.25, 0.3) is 21.9 Å². The first-order valence-electron chi connectivity index (χ1n) is 8.75. The van der Waals surface area contributed by atoms with Crippen molar-refractivity contribution in [1.82, 2.24) is 14.5 Å². The Bertz CT molecular complexity index is 924. The fourth-order valence-electron chi connectivity index (χ4n) is 3.58. The Balaban J connectivity index is 1.70. The van der Waals surface area contributed by atoms with Crippen LogP contribution in [0.2, 0.25) is 0 Å². The van der Waals surface area contributed by atoms with Crippen LogP contribution >= 0.6 is 11.8 Å². The molecule has 3 aromatic rings. The van der Waals surface area contributed by atoms with E-state index in [1.54, 1.807) is 21.2 Å². The molecule has 1 saturated heterocycles. The van der Waals surface area contributed by atoms with Gasteiger partial charge in [-0.2, -0.15) is 0 Å². The molecule has 3 heterocycles. The predicted octanol–water partition coefficient (Wildman–Crippen LogP) is 1.67. The van der Waals surface area contributed by atoms with Gasteiger partial charge in [0.1, 0.15) is 11.0 Å². The van der Waals surface area contributed by atoms with Gasteiger partial charge < -0.3 is 9.88 Å². The van der Waals surface area contributed by atoms with Crippen molar-refractivity contribution in [3.8, 4) is 0 Å². The fraction of sp³-hybridized carbons (Fsp3) is 0.444. The van der Waals surface area contributed by atoms with Crippen molar-refractivity contribution >= 4 is 33.7 Å². The minimum Gasteiger partial charge on any atom is -0.349 e. The predicted molar refractivity (Wildman–Crippen MR) is 99.1 cm³/mol. The average molecular weight is 343 g/mol. The summed E-state index contributed by atoms with van der Waals surface area (Å²) in [5, 5.41) is 1.87. The zero-order valence-corrected chi connectivity index (χ0v) is 14.8. The van der Waals surface area contributed by atoms with E-state index in [9.17, 15) is 4.79 Å². The second-order valence-corrected chi connectivity index (χ2v) is 7.46. The molecule has 0 saturated carbocycles. The first kappa shape index (κ1) is 15.7. The van der Waals surface area contributed by atoms with Gasteiger partial charge in [-0.15, -0.1) is 0 Å². The summed E-state index contributed by atoms with van der Waals surface area (Å²) in [7, 11) is 0. The van der Waals surface area contributed by atoms with Gasteiger partial charge in [-0.05, 0) is 13.0 Å². The molecule has 0 spiro atoms. The SMILES string of the molecule is CCn1c(SCC[NH+]2CCCC2)nc2c([nH]c3ccccc32)c1=O. The van der Waals surface area contributed by atoms with Crippen molar-refractivity contribution < 1.29 is 4.90 Å². The maximum atomic E-state index is 12.8. The fourth-order valence-corrected chi connectivity index (χ4v) is 4.67. The van der Waals surface area contributed by atoms with Crippen LogP contribution in [0.5, 0.6) is 0 Å². The molecule has 0 atom stereocenters. The van der Waals surface area contributed by atoms with Crippen molar-refractivity contribution in [2.75, 3.05) is 25.4 Å². The highest BCUT2D eigenvalue weighted by molar-refractivity contribution is 7.99. The largest absolute Gasteiger partial charge is 0.349 e. The number of benzene rings is 1. The van der Waals surface area contributed by atoms with Crippen LogP contribution in [0, 0.1) is 0 Å². The molecule has 0 aliphatic carbocycles. The number of aromatic nitrogens is 3. The van der Waals surface area contributed by atoms with E-state index in [1.807, 2.05) is 31.2 Å². The number of nitrogens with zero attached hydrogens (tertiary/aromatic N) is 2. The second kappa shape index (κ2) is 6.61. The summed E-state index contributed by atoms with van der Waals surface area (Å²) in [5.74, 6) is 1.01. The number of quaternary nitrogens is 1. The molecule has 24 heavy (non-hydrogen) atoms. The van der Waals surface area contributed by atoms with Gasteiger partial charge in [-0.1, -0.05) is 30.0 Å². The quantitative estimate of drug-likeness (QED) is 0.547. The maximum absolute atomic E-state index is 12.8. The molecule has 2 N–H and O–H groups in total. The summed E-state index contributed by atoms with van der Waals surface area (Å²) >= 11 is 1.72. The van der Waals surface area contributed by atoms with Crippen molar-refractivity contribution in [3.05, 3.63) is 34.6 Å². The van der Waals surface area contributed by atoms with Crippen molar-refractivity contribution in [2.45, 2.75) is 31.5 Å². The number of likely N-dealkylation sites (tertiary alicyclic amines) is 1. The van der Waals surface area contributed by atoms with Gasteiger partial charge in [0.25, 0.3) is 5.56 Å². The summed E-state index contributed by atoms with van der Waals surface area (Å²) in [5.41, 5.74) is 2.43. The van der Waals surface area contributed by atoms with E-state index >= 15 is 0 Å². The van der Waals surface area contributed by atoms with Crippen molar-refractivity contribution in [1.29, 1.82) is 0 Å². The Kier molecular flexibility index (Phi) is 4.33.